The first-order valence-corrected chi connectivity index (χ1v) is 6.45. The van der Waals surface area contributed by atoms with E-state index in [0.717, 1.165) is 11.3 Å². The van der Waals surface area contributed by atoms with Gasteiger partial charge in [-0.15, -0.1) is 0 Å². The average molecular weight is 294 g/mol. The minimum atomic E-state index is -1.14. The molecule has 0 aliphatic carbocycles. The van der Waals surface area contributed by atoms with E-state index in [2.05, 4.69) is 9.97 Å². The SMILES string of the molecule is [2H]c1ncc(C2(c3ccc(OC)cc3)OCCO2)nc1Cl. The van der Waals surface area contributed by atoms with E-state index in [1.807, 2.05) is 24.3 Å². The number of hydrogen-bond acceptors (Lipinski definition) is 5. The number of halogens is 1. The minimum absolute atomic E-state index is 0.0134. The summed E-state index contributed by atoms with van der Waals surface area (Å²) in [5.74, 6) is -0.408. The van der Waals surface area contributed by atoms with Crippen LogP contribution in [0.2, 0.25) is 5.15 Å². The summed E-state index contributed by atoms with van der Waals surface area (Å²) in [4.78, 5) is 8.10. The van der Waals surface area contributed by atoms with Crippen molar-refractivity contribution in [3.05, 3.63) is 53.0 Å². The Labute approximate surface area is 122 Å². The molecule has 0 spiro atoms. The van der Waals surface area contributed by atoms with E-state index in [1.54, 1.807) is 7.11 Å². The second-order valence-corrected chi connectivity index (χ2v) is 4.56. The van der Waals surface area contributed by atoms with Gasteiger partial charge < -0.3 is 14.2 Å². The molecule has 1 aliphatic rings. The second-order valence-electron chi connectivity index (χ2n) is 4.20. The molecule has 5 nitrogen and oxygen atoms in total. The first-order valence-electron chi connectivity index (χ1n) is 6.58. The second kappa shape index (κ2) is 5.36. The van der Waals surface area contributed by atoms with Gasteiger partial charge in [-0.2, -0.15) is 0 Å². The minimum Gasteiger partial charge on any atom is -0.497 e. The van der Waals surface area contributed by atoms with Crippen LogP contribution in [0.5, 0.6) is 5.75 Å². The Morgan fingerprint density at radius 3 is 2.60 bits per heavy atom. The predicted molar refractivity (Wildman–Crippen MR) is 72.7 cm³/mol. The monoisotopic (exact) mass is 293 g/mol. The summed E-state index contributed by atoms with van der Waals surface area (Å²) >= 11 is 5.90. The van der Waals surface area contributed by atoms with Crippen LogP contribution >= 0.6 is 11.6 Å². The van der Waals surface area contributed by atoms with Gasteiger partial charge in [-0.25, -0.2) is 4.98 Å². The normalized spacial score (nSPS) is 17.8. The molecule has 1 aliphatic heterocycles. The van der Waals surface area contributed by atoms with E-state index in [1.165, 1.54) is 6.20 Å². The van der Waals surface area contributed by atoms with Crippen LogP contribution < -0.4 is 4.74 Å². The van der Waals surface area contributed by atoms with Crippen LogP contribution in [0.3, 0.4) is 0 Å². The van der Waals surface area contributed by atoms with Crippen molar-refractivity contribution in [2.45, 2.75) is 5.79 Å². The lowest BCUT2D eigenvalue weighted by molar-refractivity contribution is -0.133. The fourth-order valence-corrected chi connectivity index (χ4v) is 2.29. The Bertz CT molecular complexity index is 645. The fraction of sp³-hybridized carbons (Fsp3) is 0.286. The molecular weight excluding hydrogens is 280 g/mol. The number of methoxy groups -OCH3 is 1. The van der Waals surface area contributed by atoms with Gasteiger partial charge >= 0.3 is 0 Å². The van der Waals surface area contributed by atoms with Gasteiger partial charge in [0.15, 0.2) is 0 Å². The molecular formula is C14H13ClN2O3. The quantitative estimate of drug-likeness (QED) is 0.870. The van der Waals surface area contributed by atoms with E-state index < -0.39 is 5.79 Å². The molecule has 0 saturated carbocycles. The standard InChI is InChI=1S/C14H13ClN2O3/c1-18-11-4-2-10(3-5-11)14(19-6-7-20-14)12-8-16-9-13(15)17-12/h2-5,8-9H,6-7H2,1H3/i9D. The molecule has 0 unspecified atom stereocenters. The van der Waals surface area contributed by atoms with Crippen molar-refractivity contribution < 1.29 is 15.6 Å². The van der Waals surface area contributed by atoms with Crippen LogP contribution in [-0.4, -0.2) is 30.3 Å². The number of aromatic nitrogens is 2. The van der Waals surface area contributed by atoms with E-state index in [-0.39, 0.29) is 11.3 Å². The van der Waals surface area contributed by atoms with Crippen LogP contribution in [0.25, 0.3) is 0 Å². The molecule has 1 aromatic carbocycles. The number of ether oxygens (including phenoxy) is 3. The number of nitrogens with zero attached hydrogens (tertiary/aromatic N) is 2. The molecule has 104 valence electrons. The fourth-order valence-electron chi connectivity index (χ4n) is 2.15. The lowest BCUT2D eigenvalue weighted by Gasteiger charge is -2.27. The lowest BCUT2D eigenvalue weighted by atomic mass is 10.0. The zero-order valence-electron chi connectivity index (χ0n) is 11.8. The van der Waals surface area contributed by atoms with Crippen LogP contribution in [0.1, 0.15) is 12.6 Å². The van der Waals surface area contributed by atoms with Gasteiger partial charge in [0.2, 0.25) is 5.79 Å². The Hall–Kier alpha value is -1.69. The average Bonchev–Trinajstić information content (AvgIpc) is 3.01. The van der Waals surface area contributed by atoms with Crippen molar-refractivity contribution in [2.75, 3.05) is 20.3 Å². The smallest absolute Gasteiger partial charge is 0.241 e. The molecule has 3 rings (SSSR count). The van der Waals surface area contributed by atoms with Crippen molar-refractivity contribution in [1.29, 1.82) is 0 Å². The van der Waals surface area contributed by atoms with Crippen LogP contribution in [-0.2, 0) is 15.3 Å². The molecule has 0 bridgehead atoms. The van der Waals surface area contributed by atoms with E-state index >= 15 is 0 Å². The number of rotatable bonds is 3. The first kappa shape index (κ1) is 12.1. The van der Waals surface area contributed by atoms with Crippen molar-refractivity contribution in [2.24, 2.45) is 0 Å². The topological polar surface area (TPSA) is 53.5 Å². The van der Waals surface area contributed by atoms with Gasteiger partial charge in [-0.1, -0.05) is 11.6 Å². The number of hydrogen-bond donors (Lipinski definition) is 0. The van der Waals surface area contributed by atoms with E-state index in [4.69, 9.17) is 27.2 Å². The molecule has 0 amide bonds. The van der Waals surface area contributed by atoms with E-state index in [9.17, 15) is 0 Å². The molecule has 0 radical (unpaired) electrons. The van der Waals surface area contributed by atoms with Gasteiger partial charge in [0.05, 0.1) is 34.1 Å². The van der Waals surface area contributed by atoms with Crippen LogP contribution in [0.4, 0.5) is 0 Å². The molecule has 6 heteroatoms. The zero-order valence-corrected chi connectivity index (χ0v) is 11.6. The Balaban J connectivity index is 2.08. The molecule has 1 aromatic heterocycles. The summed E-state index contributed by atoms with van der Waals surface area (Å²) in [5.41, 5.74) is 1.19. The predicted octanol–water partition coefficient (Wildman–Crippen LogP) is 2.39. The molecule has 2 aromatic rings. The molecule has 2 heterocycles. The van der Waals surface area contributed by atoms with Crippen molar-refractivity contribution in [3.8, 4) is 5.75 Å². The van der Waals surface area contributed by atoms with Gasteiger partial charge in [-0.05, 0) is 24.3 Å². The highest BCUT2D eigenvalue weighted by molar-refractivity contribution is 6.29. The van der Waals surface area contributed by atoms with Crippen molar-refractivity contribution in [3.63, 3.8) is 0 Å². The summed E-state index contributed by atoms with van der Waals surface area (Å²) < 4.78 is 24.2. The third-order valence-corrected chi connectivity index (χ3v) is 3.23. The Kier molecular flexibility index (Phi) is 3.24. The highest BCUT2D eigenvalue weighted by Gasteiger charge is 2.42. The summed E-state index contributed by atoms with van der Waals surface area (Å²) in [5, 5.41) is 0.0134. The highest BCUT2D eigenvalue weighted by atomic mass is 35.5. The summed E-state index contributed by atoms with van der Waals surface area (Å²) in [6.07, 6.45) is 1.37. The molecule has 1 saturated heterocycles. The molecule has 1 fully saturated rings. The van der Waals surface area contributed by atoms with E-state index in [0.29, 0.717) is 18.9 Å². The third-order valence-electron chi connectivity index (χ3n) is 3.06. The Morgan fingerprint density at radius 2 is 2.00 bits per heavy atom. The first-order chi connectivity index (χ1) is 10.2. The van der Waals surface area contributed by atoms with Crippen molar-refractivity contribution >= 4 is 11.6 Å². The van der Waals surface area contributed by atoms with Gasteiger partial charge in [0, 0.05) is 5.56 Å². The molecule has 0 atom stereocenters. The summed E-state index contributed by atoms with van der Waals surface area (Å²) in [6.45, 7) is 0.877. The van der Waals surface area contributed by atoms with Gasteiger partial charge in [0.1, 0.15) is 16.6 Å². The zero-order chi connectivity index (χ0) is 14.9. The summed E-state index contributed by atoms with van der Waals surface area (Å²) in [6, 6.07) is 7.31. The third kappa shape index (κ3) is 2.24. The highest BCUT2D eigenvalue weighted by Crippen LogP contribution is 2.37. The lowest BCUT2D eigenvalue weighted by Crippen LogP contribution is -2.30. The maximum atomic E-state index is 7.50. The van der Waals surface area contributed by atoms with Gasteiger partial charge in [0.25, 0.3) is 0 Å². The van der Waals surface area contributed by atoms with Crippen LogP contribution in [0.15, 0.2) is 36.6 Å². The maximum absolute atomic E-state index is 7.50. The maximum Gasteiger partial charge on any atom is 0.241 e. The largest absolute Gasteiger partial charge is 0.497 e. The summed E-state index contributed by atoms with van der Waals surface area (Å²) in [7, 11) is 1.60. The number of benzene rings is 1. The van der Waals surface area contributed by atoms with Crippen molar-refractivity contribution in [1.82, 2.24) is 9.97 Å². The Morgan fingerprint density at radius 1 is 1.30 bits per heavy atom. The van der Waals surface area contributed by atoms with Crippen LogP contribution in [0, 0.1) is 0 Å². The van der Waals surface area contributed by atoms with Gasteiger partial charge in [-0.3, -0.25) is 4.98 Å². The molecule has 20 heavy (non-hydrogen) atoms. The molecule has 0 N–H and O–H groups in total.